The molecular weight excluding hydrogens is 292 g/mol. The average Bonchev–Trinajstić information content (AvgIpc) is 2.94. The first-order valence-corrected chi connectivity index (χ1v) is 8.16. The molecule has 5 heteroatoms. The number of likely N-dealkylation sites (tertiary alicyclic amines) is 1. The normalized spacial score (nSPS) is 19.5. The van der Waals surface area contributed by atoms with E-state index >= 15 is 0 Å². The van der Waals surface area contributed by atoms with Crippen molar-refractivity contribution in [2.24, 2.45) is 0 Å². The highest BCUT2D eigenvalue weighted by molar-refractivity contribution is 5.68. The molecule has 1 saturated heterocycles. The Morgan fingerprint density at radius 2 is 1.96 bits per heavy atom. The Bertz CT molecular complexity index is 522. The van der Waals surface area contributed by atoms with Gasteiger partial charge in [0.15, 0.2) is 0 Å². The van der Waals surface area contributed by atoms with Crippen LogP contribution in [0.4, 0.5) is 4.79 Å². The Hall–Kier alpha value is -1.75. The Kier molecular flexibility index (Phi) is 5.52. The van der Waals surface area contributed by atoms with E-state index in [0.29, 0.717) is 12.6 Å². The molecule has 1 heterocycles. The number of amides is 1. The van der Waals surface area contributed by atoms with Crippen molar-refractivity contribution in [3.63, 3.8) is 0 Å². The van der Waals surface area contributed by atoms with Crippen molar-refractivity contribution >= 4 is 6.09 Å². The maximum atomic E-state index is 12.1. The van der Waals surface area contributed by atoms with Gasteiger partial charge in [0.25, 0.3) is 0 Å². The van der Waals surface area contributed by atoms with E-state index in [-0.39, 0.29) is 12.1 Å². The van der Waals surface area contributed by atoms with Crippen LogP contribution in [-0.4, -0.2) is 42.8 Å². The lowest BCUT2D eigenvalue weighted by molar-refractivity contribution is 0.0290. The van der Waals surface area contributed by atoms with Gasteiger partial charge in [-0.3, -0.25) is 0 Å². The van der Waals surface area contributed by atoms with Crippen molar-refractivity contribution in [3.05, 3.63) is 29.8 Å². The largest absolute Gasteiger partial charge is 0.497 e. The zero-order chi connectivity index (χ0) is 17.0. The molecule has 1 aromatic rings. The minimum atomic E-state index is -0.445. The van der Waals surface area contributed by atoms with Crippen LogP contribution < -0.4 is 10.1 Å². The lowest BCUT2D eigenvalue weighted by Crippen LogP contribution is -2.39. The molecular formula is C18H28N2O3. The Labute approximate surface area is 139 Å². The first-order valence-electron chi connectivity index (χ1n) is 8.16. The molecule has 1 aliphatic heterocycles. The standard InChI is InChI=1S/C18H28N2O3/c1-13(14-6-8-16(22-5)9-7-14)19-15-10-11-20(12-15)17(21)23-18(2,3)4/h6-9,13,15,19H,10-12H2,1-5H3/t13-,15?/m1/s1. The molecule has 1 N–H and O–H groups in total. The van der Waals surface area contributed by atoms with E-state index in [1.54, 1.807) is 12.0 Å². The quantitative estimate of drug-likeness (QED) is 0.924. The fraction of sp³-hybridized carbons (Fsp3) is 0.611. The fourth-order valence-electron chi connectivity index (χ4n) is 2.73. The smallest absolute Gasteiger partial charge is 0.410 e. The summed E-state index contributed by atoms with van der Waals surface area (Å²) >= 11 is 0. The van der Waals surface area contributed by atoms with Crippen molar-refractivity contribution in [1.29, 1.82) is 0 Å². The molecule has 0 aromatic heterocycles. The van der Waals surface area contributed by atoms with Crippen molar-refractivity contribution < 1.29 is 14.3 Å². The number of ether oxygens (including phenoxy) is 2. The number of carbonyl (C=O) groups excluding carboxylic acids is 1. The molecule has 1 aliphatic rings. The number of nitrogens with zero attached hydrogens (tertiary/aromatic N) is 1. The van der Waals surface area contributed by atoms with E-state index in [1.807, 2.05) is 32.9 Å². The summed E-state index contributed by atoms with van der Waals surface area (Å²) in [6.07, 6.45) is 0.721. The summed E-state index contributed by atoms with van der Waals surface area (Å²) < 4.78 is 10.6. The van der Waals surface area contributed by atoms with Crippen LogP contribution in [-0.2, 0) is 4.74 Å². The highest BCUT2D eigenvalue weighted by atomic mass is 16.6. The van der Waals surface area contributed by atoms with Crippen molar-refractivity contribution in [2.45, 2.75) is 51.8 Å². The molecule has 0 radical (unpaired) electrons. The minimum Gasteiger partial charge on any atom is -0.497 e. The fourth-order valence-corrected chi connectivity index (χ4v) is 2.73. The zero-order valence-corrected chi connectivity index (χ0v) is 14.8. The molecule has 128 valence electrons. The van der Waals surface area contributed by atoms with Crippen LogP contribution in [0.2, 0.25) is 0 Å². The van der Waals surface area contributed by atoms with Gasteiger partial charge in [0.05, 0.1) is 7.11 Å². The van der Waals surface area contributed by atoms with Gasteiger partial charge in [0.1, 0.15) is 11.4 Å². The first-order chi connectivity index (χ1) is 10.8. The van der Waals surface area contributed by atoms with E-state index in [4.69, 9.17) is 9.47 Å². The maximum absolute atomic E-state index is 12.1. The third kappa shape index (κ3) is 5.13. The summed E-state index contributed by atoms with van der Waals surface area (Å²) in [6.45, 7) is 9.24. The number of nitrogens with one attached hydrogen (secondary N) is 1. The lowest BCUT2D eigenvalue weighted by Gasteiger charge is -2.25. The molecule has 23 heavy (non-hydrogen) atoms. The van der Waals surface area contributed by atoms with Gasteiger partial charge in [-0.2, -0.15) is 0 Å². The third-order valence-electron chi connectivity index (χ3n) is 3.94. The van der Waals surface area contributed by atoms with E-state index in [9.17, 15) is 4.79 Å². The van der Waals surface area contributed by atoms with Gasteiger partial charge in [0.2, 0.25) is 0 Å². The summed E-state index contributed by atoms with van der Waals surface area (Å²) in [5, 5.41) is 3.59. The van der Waals surface area contributed by atoms with Crippen molar-refractivity contribution in [1.82, 2.24) is 10.2 Å². The molecule has 2 atom stereocenters. The molecule has 0 aliphatic carbocycles. The van der Waals surface area contributed by atoms with Gasteiger partial charge >= 0.3 is 6.09 Å². The molecule has 0 spiro atoms. The zero-order valence-electron chi connectivity index (χ0n) is 14.8. The predicted molar refractivity (Wildman–Crippen MR) is 90.8 cm³/mol. The lowest BCUT2D eigenvalue weighted by atomic mass is 10.1. The van der Waals surface area contributed by atoms with Gasteiger partial charge < -0.3 is 19.7 Å². The number of rotatable bonds is 4. The van der Waals surface area contributed by atoms with Gasteiger partial charge in [-0.15, -0.1) is 0 Å². The Morgan fingerprint density at radius 3 is 2.52 bits per heavy atom. The van der Waals surface area contributed by atoms with E-state index in [0.717, 1.165) is 18.7 Å². The average molecular weight is 320 g/mol. The van der Waals surface area contributed by atoms with Crippen molar-refractivity contribution in [3.8, 4) is 5.75 Å². The highest BCUT2D eigenvalue weighted by Crippen LogP contribution is 2.21. The Balaban J connectivity index is 1.85. The summed E-state index contributed by atoms with van der Waals surface area (Å²) in [7, 11) is 1.67. The number of carbonyl (C=O) groups is 1. The summed E-state index contributed by atoms with van der Waals surface area (Å²) in [5.41, 5.74) is 0.764. The van der Waals surface area contributed by atoms with Crippen molar-refractivity contribution in [2.75, 3.05) is 20.2 Å². The first kappa shape index (κ1) is 17.6. The van der Waals surface area contributed by atoms with Crippen LogP contribution in [0.1, 0.15) is 45.7 Å². The van der Waals surface area contributed by atoms with Crippen LogP contribution in [0, 0.1) is 0 Å². The van der Waals surface area contributed by atoms with E-state index in [2.05, 4.69) is 24.4 Å². The van der Waals surface area contributed by atoms with Crippen LogP contribution in [0.3, 0.4) is 0 Å². The molecule has 5 nitrogen and oxygen atoms in total. The highest BCUT2D eigenvalue weighted by Gasteiger charge is 2.30. The third-order valence-corrected chi connectivity index (χ3v) is 3.94. The summed E-state index contributed by atoms with van der Waals surface area (Å²) in [6, 6.07) is 8.59. The van der Waals surface area contributed by atoms with Crippen LogP contribution in [0.25, 0.3) is 0 Å². The van der Waals surface area contributed by atoms with E-state index < -0.39 is 5.60 Å². The molecule has 1 fully saturated rings. The summed E-state index contributed by atoms with van der Waals surface area (Å²) in [5.74, 6) is 0.859. The van der Waals surface area contributed by atoms with Crippen LogP contribution in [0.15, 0.2) is 24.3 Å². The summed E-state index contributed by atoms with van der Waals surface area (Å²) in [4.78, 5) is 13.9. The molecule has 2 rings (SSSR count). The number of hydrogen-bond donors (Lipinski definition) is 1. The topological polar surface area (TPSA) is 50.8 Å². The number of methoxy groups -OCH3 is 1. The maximum Gasteiger partial charge on any atom is 0.410 e. The number of hydrogen-bond acceptors (Lipinski definition) is 4. The second-order valence-electron chi connectivity index (χ2n) is 7.07. The number of benzene rings is 1. The molecule has 1 aromatic carbocycles. The SMILES string of the molecule is COc1ccc([C@@H](C)NC2CCN(C(=O)OC(C)(C)C)C2)cc1. The molecule has 1 amide bonds. The van der Waals surface area contributed by atoms with Gasteiger partial charge in [-0.1, -0.05) is 12.1 Å². The Morgan fingerprint density at radius 1 is 1.30 bits per heavy atom. The van der Waals surface area contributed by atoms with Crippen LogP contribution in [0.5, 0.6) is 5.75 Å². The van der Waals surface area contributed by atoms with Crippen LogP contribution >= 0.6 is 0 Å². The monoisotopic (exact) mass is 320 g/mol. The predicted octanol–water partition coefficient (Wildman–Crippen LogP) is 3.36. The second-order valence-corrected chi connectivity index (χ2v) is 7.07. The molecule has 1 unspecified atom stereocenters. The minimum absolute atomic E-state index is 0.223. The van der Waals surface area contributed by atoms with Gasteiger partial charge in [-0.25, -0.2) is 4.79 Å². The van der Waals surface area contributed by atoms with E-state index in [1.165, 1.54) is 5.56 Å². The molecule has 0 saturated carbocycles. The van der Waals surface area contributed by atoms with Gasteiger partial charge in [0, 0.05) is 25.2 Å². The second kappa shape index (κ2) is 7.21. The van der Waals surface area contributed by atoms with Gasteiger partial charge in [-0.05, 0) is 51.8 Å². The molecule has 0 bridgehead atoms.